The molecule has 1 aromatic heterocycles. The molecule has 0 spiro atoms. The minimum atomic E-state index is -4.45. The Morgan fingerprint density at radius 1 is 1.12 bits per heavy atom. The number of alkyl halides is 3. The molecule has 0 bridgehead atoms. The summed E-state index contributed by atoms with van der Waals surface area (Å²) >= 11 is 0. The number of hydrogen-bond donors (Lipinski definition) is 0. The van der Waals surface area contributed by atoms with Crippen molar-refractivity contribution < 1.29 is 18.0 Å². The first-order chi connectivity index (χ1) is 11.4. The maximum absolute atomic E-state index is 12.8. The molecule has 132 valence electrons. The number of likely N-dealkylation sites (tertiary alicyclic amines) is 1. The van der Waals surface area contributed by atoms with Gasteiger partial charge in [0, 0.05) is 38.1 Å². The van der Waals surface area contributed by atoms with Crippen LogP contribution in [0.2, 0.25) is 0 Å². The van der Waals surface area contributed by atoms with Gasteiger partial charge in [-0.25, -0.2) is 0 Å². The lowest BCUT2D eigenvalue weighted by molar-refractivity contribution is -0.141. The third-order valence-corrected chi connectivity index (χ3v) is 4.84. The van der Waals surface area contributed by atoms with E-state index in [0.717, 1.165) is 51.3 Å². The Kier molecular flexibility index (Phi) is 4.96. The molecule has 3 rings (SSSR count). The molecular weight excluding hydrogens is 319 g/mol. The molecule has 2 fully saturated rings. The Morgan fingerprint density at radius 3 is 2.58 bits per heavy atom. The molecule has 0 saturated carbocycles. The van der Waals surface area contributed by atoms with Gasteiger partial charge in [0.15, 0.2) is 0 Å². The summed E-state index contributed by atoms with van der Waals surface area (Å²) in [6, 6.07) is 2.66. The number of halogens is 3. The first kappa shape index (κ1) is 17.0. The van der Waals surface area contributed by atoms with Crippen LogP contribution in [-0.2, 0) is 11.0 Å². The molecule has 3 heterocycles. The monoisotopic (exact) mass is 341 g/mol. The van der Waals surface area contributed by atoms with E-state index in [2.05, 4.69) is 4.98 Å². The van der Waals surface area contributed by atoms with Crippen LogP contribution in [0.1, 0.15) is 37.8 Å². The molecular formula is C17H22F3N3O. The molecule has 1 aromatic rings. The Labute approximate surface area is 139 Å². The van der Waals surface area contributed by atoms with Crippen molar-refractivity contribution in [1.82, 2.24) is 9.88 Å². The highest BCUT2D eigenvalue weighted by Crippen LogP contribution is 2.31. The highest BCUT2D eigenvalue weighted by atomic mass is 19.4. The van der Waals surface area contributed by atoms with Crippen LogP contribution < -0.4 is 4.90 Å². The molecule has 1 amide bonds. The second-order valence-corrected chi connectivity index (χ2v) is 6.57. The number of hydrogen-bond acceptors (Lipinski definition) is 3. The Hall–Kier alpha value is -1.79. The third kappa shape index (κ3) is 3.82. The van der Waals surface area contributed by atoms with E-state index in [1.165, 1.54) is 6.20 Å². The summed E-state index contributed by atoms with van der Waals surface area (Å²) in [5.74, 6) is 0.0313. The van der Waals surface area contributed by atoms with E-state index < -0.39 is 11.9 Å². The van der Waals surface area contributed by atoms with Gasteiger partial charge in [-0.1, -0.05) is 0 Å². The largest absolute Gasteiger partial charge is 0.433 e. The third-order valence-electron chi connectivity index (χ3n) is 4.84. The number of carbonyl (C=O) groups excluding carboxylic acids is 1. The van der Waals surface area contributed by atoms with E-state index in [4.69, 9.17) is 0 Å². The first-order valence-electron chi connectivity index (χ1n) is 8.52. The second-order valence-electron chi connectivity index (χ2n) is 6.57. The van der Waals surface area contributed by atoms with Gasteiger partial charge in [-0.2, -0.15) is 13.2 Å². The molecule has 2 aliphatic heterocycles. The predicted octanol–water partition coefficient (Wildman–Crippen LogP) is 3.33. The standard InChI is InChI=1S/C17H22F3N3O/c18-17(19,20)15-11-14(6-7-21-15)23-10-4-5-13(12-23)16(24)22-8-2-1-3-9-22/h6-7,11,13H,1-5,8-10,12H2. The van der Waals surface area contributed by atoms with Crippen molar-refractivity contribution in [2.24, 2.45) is 5.92 Å². The average molecular weight is 341 g/mol. The lowest BCUT2D eigenvalue weighted by atomic mass is 9.95. The van der Waals surface area contributed by atoms with E-state index in [1.807, 2.05) is 9.80 Å². The molecule has 2 saturated heterocycles. The summed E-state index contributed by atoms with van der Waals surface area (Å²) in [6.07, 6.45) is 1.61. The fraction of sp³-hybridized carbons (Fsp3) is 0.647. The van der Waals surface area contributed by atoms with Crippen LogP contribution in [0.3, 0.4) is 0 Å². The maximum atomic E-state index is 12.8. The number of amides is 1. The fourth-order valence-corrected chi connectivity index (χ4v) is 3.56. The van der Waals surface area contributed by atoms with Crippen LogP contribution in [-0.4, -0.2) is 42.0 Å². The summed E-state index contributed by atoms with van der Waals surface area (Å²) in [6.45, 7) is 2.77. The van der Waals surface area contributed by atoms with Crippen LogP contribution in [0.5, 0.6) is 0 Å². The number of anilines is 1. The molecule has 0 aromatic carbocycles. The highest BCUT2D eigenvalue weighted by molar-refractivity contribution is 5.80. The molecule has 0 radical (unpaired) electrons. The number of pyridine rings is 1. The fourth-order valence-electron chi connectivity index (χ4n) is 3.56. The quantitative estimate of drug-likeness (QED) is 0.828. The van der Waals surface area contributed by atoms with Gasteiger partial charge in [0.2, 0.25) is 5.91 Å². The van der Waals surface area contributed by atoms with E-state index in [1.54, 1.807) is 6.07 Å². The molecule has 7 heteroatoms. The molecule has 2 aliphatic rings. The summed E-state index contributed by atoms with van der Waals surface area (Å²) in [4.78, 5) is 19.9. The van der Waals surface area contributed by atoms with E-state index in [0.29, 0.717) is 18.8 Å². The van der Waals surface area contributed by atoms with E-state index in [9.17, 15) is 18.0 Å². The summed E-state index contributed by atoms with van der Waals surface area (Å²) in [5, 5.41) is 0. The molecule has 4 nitrogen and oxygen atoms in total. The van der Waals surface area contributed by atoms with Gasteiger partial charge in [0.25, 0.3) is 0 Å². The van der Waals surface area contributed by atoms with Gasteiger partial charge < -0.3 is 9.80 Å². The van der Waals surface area contributed by atoms with Crippen LogP contribution in [0.25, 0.3) is 0 Å². The molecule has 1 unspecified atom stereocenters. The van der Waals surface area contributed by atoms with E-state index >= 15 is 0 Å². The summed E-state index contributed by atoms with van der Waals surface area (Å²) < 4.78 is 38.5. The Morgan fingerprint density at radius 2 is 1.88 bits per heavy atom. The maximum Gasteiger partial charge on any atom is 0.433 e. The second kappa shape index (κ2) is 6.99. The zero-order chi connectivity index (χ0) is 17.2. The van der Waals surface area contributed by atoms with Gasteiger partial charge in [0.1, 0.15) is 5.69 Å². The topological polar surface area (TPSA) is 36.4 Å². The number of nitrogens with zero attached hydrogens (tertiary/aromatic N) is 3. The van der Waals surface area contributed by atoms with Crippen LogP contribution in [0.15, 0.2) is 18.3 Å². The number of aromatic nitrogens is 1. The van der Waals surface area contributed by atoms with Crippen LogP contribution in [0.4, 0.5) is 18.9 Å². The minimum Gasteiger partial charge on any atom is -0.371 e. The van der Waals surface area contributed by atoms with Crippen LogP contribution >= 0.6 is 0 Å². The van der Waals surface area contributed by atoms with Gasteiger partial charge >= 0.3 is 6.18 Å². The summed E-state index contributed by atoms with van der Waals surface area (Å²) in [7, 11) is 0. The SMILES string of the molecule is O=C(C1CCCN(c2ccnc(C(F)(F)F)c2)C1)N1CCCCC1. The van der Waals surface area contributed by atoms with Gasteiger partial charge in [-0.15, -0.1) is 0 Å². The lowest BCUT2D eigenvalue weighted by Gasteiger charge is -2.37. The van der Waals surface area contributed by atoms with Crippen molar-refractivity contribution in [2.45, 2.75) is 38.3 Å². The highest BCUT2D eigenvalue weighted by Gasteiger charge is 2.34. The Balaban J connectivity index is 1.70. The van der Waals surface area contributed by atoms with Crippen molar-refractivity contribution >= 4 is 11.6 Å². The summed E-state index contributed by atoms with van der Waals surface area (Å²) in [5.41, 5.74) is -0.391. The smallest absolute Gasteiger partial charge is 0.371 e. The van der Waals surface area contributed by atoms with E-state index in [-0.39, 0.29) is 11.8 Å². The van der Waals surface area contributed by atoms with Crippen molar-refractivity contribution in [2.75, 3.05) is 31.1 Å². The molecule has 0 N–H and O–H groups in total. The zero-order valence-electron chi connectivity index (χ0n) is 13.6. The lowest BCUT2D eigenvalue weighted by Crippen LogP contribution is -2.46. The minimum absolute atomic E-state index is 0.126. The van der Waals surface area contributed by atoms with Crippen molar-refractivity contribution in [3.05, 3.63) is 24.0 Å². The van der Waals surface area contributed by atoms with Gasteiger partial charge in [-0.05, 0) is 44.2 Å². The number of piperidine rings is 2. The van der Waals surface area contributed by atoms with Crippen molar-refractivity contribution in [3.63, 3.8) is 0 Å². The molecule has 0 aliphatic carbocycles. The Bertz CT molecular complexity index is 585. The average Bonchev–Trinajstić information content (AvgIpc) is 2.61. The van der Waals surface area contributed by atoms with Gasteiger partial charge in [0.05, 0.1) is 5.92 Å². The van der Waals surface area contributed by atoms with Gasteiger partial charge in [-0.3, -0.25) is 9.78 Å². The predicted molar refractivity (Wildman–Crippen MR) is 84.6 cm³/mol. The number of carbonyl (C=O) groups is 1. The number of rotatable bonds is 2. The normalized spacial score (nSPS) is 22.5. The zero-order valence-corrected chi connectivity index (χ0v) is 13.6. The van der Waals surface area contributed by atoms with Crippen molar-refractivity contribution in [1.29, 1.82) is 0 Å². The molecule has 1 atom stereocenters. The molecule has 24 heavy (non-hydrogen) atoms. The van der Waals surface area contributed by atoms with Crippen LogP contribution in [0, 0.1) is 5.92 Å². The van der Waals surface area contributed by atoms with Crippen molar-refractivity contribution in [3.8, 4) is 0 Å². The first-order valence-corrected chi connectivity index (χ1v) is 8.52.